The first-order valence-corrected chi connectivity index (χ1v) is 5.84. The number of rotatable bonds is 2. The van der Waals surface area contributed by atoms with E-state index in [-0.39, 0.29) is 0 Å². The maximum absolute atomic E-state index is 9.80. The fourth-order valence-electron chi connectivity index (χ4n) is 2.01. The van der Waals surface area contributed by atoms with E-state index in [4.69, 9.17) is 4.74 Å². The van der Waals surface area contributed by atoms with Crippen LogP contribution < -0.4 is 0 Å². The van der Waals surface area contributed by atoms with Gasteiger partial charge in [0.25, 0.3) is 0 Å². The van der Waals surface area contributed by atoms with Gasteiger partial charge in [0.15, 0.2) is 0 Å². The van der Waals surface area contributed by atoms with E-state index in [2.05, 4.69) is 11.1 Å². The molecular formula is C13H19NO2. The lowest BCUT2D eigenvalue weighted by molar-refractivity contribution is 0.0731. The van der Waals surface area contributed by atoms with Crippen molar-refractivity contribution in [3.63, 3.8) is 0 Å². The average Bonchev–Trinajstić information content (AvgIpc) is 2.29. The van der Waals surface area contributed by atoms with Gasteiger partial charge in [0.1, 0.15) is 5.60 Å². The van der Waals surface area contributed by atoms with Gasteiger partial charge in [-0.2, -0.15) is 0 Å². The van der Waals surface area contributed by atoms with Crippen molar-refractivity contribution in [1.82, 2.24) is 4.98 Å². The predicted molar refractivity (Wildman–Crippen MR) is 62.3 cm³/mol. The molecule has 1 aliphatic heterocycles. The second kappa shape index (κ2) is 4.52. The van der Waals surface area contributed by atoms with Crippen LogP contribution in [0.4, 0.5) is 0 Å². The lowest BCUT2D eigenvalue weighted by Gasteiger charge is -2.23. The van der Waals surface area contributed by atoms with Crippen LogP contribution in [0, 0.1) is 0 Å². The number of aromatic nitrogens is 1. The van der Waals surface area contributed by atoms with E-state index in [1.165, 1.54) is 12.0 Å². The van der Waals surface area contributed by atoms with E-state index >= 15 is 0 Å². The molecule has 1 unspecified atom stereocenters. The smallest absolute Gasteiger partial charge is 0.101 e. The molecule has 1 saturated heterocycles. The molecule has 1 aromatic heterocycles. The van der Waals surface area contributed by atoms with Gasteiger partial charge in [-0.05, 0) is 38.3 Å². The molecule has 1 N–H and O–H groups in total. The van der Waals surface area contributed by atoms with Crippen LogP contribution in [0.5, 0.6) is 0 Å². The quantitative estimate of drug-likeness (QED) is 0.832. The van der Waals surface area contributed by atoms with Crippen molar-refractivity contribution in [3.8, 4) is 0 Å². The van der Waals surface area contributed by atoms with Crippen molar-refractivity contribution in [2.75, 3.05) is 13.2 Å². The number of hydrogen-bond donors (Lipinski definition) is 1. The highest BCUT2D eigenvalue weighted by Gasteiger charge is 2.20. The summed E-state index contributed by atoms with van der Waals surface area (Å²) in [5, 5.41) is 9.80. The van der Waals surface area contributed by atoms with Crippen LogP contribution in [0.3, 0.4) is 0 Å². The number of ether oxygens (including phenoxy) is 1. The largest absolute Gasteiger partial charge is 0.384 e. The first-order valence-electron chi connectivity index (χ1n) is 5.84. The molecule has 88 valence electrons. The summed E-state index contributed by atoms with van der Waals surface area (Å²) < 4.78 is 5.46. The minimum Gasteiger partial charge on any atom is -0.384 e. The molecular weight excluding hydrogens is 202 g/mol. The molecule has 1 atom stereocenters. The Morgan fingerprint density at radius 2 is 2.25 bits per heavy atom. The summed E-state index contributed by atoms with van der Waals surface area (Å²) >= 11 is 0. The van der Waals surface area contributed by atoms with E-state index in [1.54, 1.807) is 13.8 Å². The molecule has 1 aliphatic rings. The fraction of sp³-hybridized carbons (Fsp3) is 0.615. The van der Waals surface area contributed by atoms with Gasteiger partial charge in [0, 0.05) is 18.7 Å². The van der Waals surface area contributed by atoms with Crippen molar-refractivity contribution in [1.29, 1.82) is 0 Å². The standard InChI is InChI=1S/C13H19NO2/c1-13(2,15)12-6-5-10(8-14-12)11-4-3-7-16-9-11/h5-6,8,11,15H,3-4,7,9H2,1-2H3. The van der Waals surface area contributed by atoms with Gasteiger partial charge in [0.2, 0.25) is 0 Å². The molecule has 0 bridgehead atoms. The lowest BCUT2D eigenvalue weighted by atomic mass is 9.94. The number of hydrogen-bond acceptors (Lipinski definition) is 3. The lowest BCUT2D eigenvalue weighted by Crippen LogP contribution is -2.19. The molecule has 2 rings (SSSR count). The maximum Gasteiger partial charge on any atom is 0.101 e. The highest BCUT2D eigenvalue weighted by atomic mass is 16.5. The maximum atomic E-state index is 9.80. The summed E-state index contributed by atoms with van der Waals surface area (Å²) in [5.41, 5.74) is 1.07. The van der Waals surface area contributed by atoms with Crippen molar-refractivity contribution in [3.05, 3.63) is 29.6 Å². The van der Waals surface area contributed by atoms with Gasteiger partial charge >= 0.3 is 0 Å². The van der Waals surface area contributed by atoms with Crippen molar-refractivity contribution in [2.24, 2.45) is 0 Å². The summed E-state index contributed by atoms with van der Waals surface area (Å²) in [6.07, 6.45) is 4.16. The first kappa shape index (κ1) is 11.6. The van der Waals surface area contributed by atoms with E-state index in [0.29, 0.717) is 11.6 Å². The minimum atomic E-state index is -0.860. The highest BCUT2D eigenvalue weighted by molar-refractivity contribution is 5.21. The SMILES string of the molecule is CC(C)(O)c1ccc(C2CCCOC2)cn1. The van der Waals surface area contributed by atoms with Crippen molar-refractivity contribution >= 4 is 0 Å². The Balaban J connectivity index is 2.12. The van der Waals surface area contributed by atoms with E-state index in [9.17, 15) is 5.11 Å². The molecule has 0 amide bonds. The number of aliphatic hydroxyl groups is 1. The Labute approximate surface area is 96.5 Å². The molecule has 0 aliphatic carbocycles. The van der Waals surface area contributed by atoms with Gasteiger partial charge in [-0.1, -0.05) is 6.07 Å². The zero-order valence-electron chi connectivity index (χ0n) is 9.94. The summed E-state index contributed by atoms with van der Waals surface area (Å²) in [4.78, 5) is 4.32. The summed E-state index contributed by atoms with van der Waals surface area (Å²) in [5.74, 6) is 0.470. The molecule has 0 saturated carbocycles. The Kier molecular flexibility index (Phi) is 3.26. The normalized spacial score (nSPS) is 22.1. The fourth-order valence-corrected chi connectivity index (χ4v) is 2.01. The monoisotopic (exact) mass is 221 g/mol. The van der Waals surface area contributed by atoms with Gasteiger partial charge in [-0.3, -0.25) is 4.98 Å². The first-order chi connectivity index (χ1) is 7.57. The second-order valence-corrected chi connectivity index (χ2v) is 4.95. The van der Waals surface area contributed by atoms with Gasteiger partial charge in [-0.25, -0.2) is 0 Å². The Morgan fingerprint density at radius 1 is 1.44 bits per heavy atom. The van der Waals surface area contributed by atoms with Crippen LogP contribution in [0.25, 0.3) is 0 Å². The Bertz CT molecular complexity index is 334. The third-order valence-corrected chi connectivity index (χ3v) is 3.04. The van der Waals surface area contributed by atoms with E-state index in [1.807, 2.05) is 12.3 Å². The van der Waals surface area contributed by atoms with Gasteiger partial charge in [-0.15, -0.1) is 0 Å². The zero-order valence-corrected chi connectivity index (χ0v) is 9.94. The van der Waals surface area contributed by atoms with Crippen LogP contribution in [0.15, 0.2) is 18.3 Å². The second-order valence-electron chi connectivity index (χ2n) is 4.95. The molecule has 1 fully saturated rings. The van der Waals surface area contributed by atoms with Crippen LogP contribution >= 0.6 is 0 Å². The summed E-state index contributed by atoms with van der Waals surface area (Å²) in [6, 6.07) is 3.96. The average molecular weight is 221 g/mol. The van der Waals surface area contributed by atoms with E-state index < -0.39 is 5.60 Å². The van der Waals surface area contributed by atoms with Crippen LogP contribution in [0.2, 0.25) is 0 Å². The van der Waals surface area contributed by atoms with Crippen LogP contribution in [-0.4, -0.2) is 23.3 Å². The zero-order chi connectivity index (χ0) is 11.6. The third-order valence-electron chi connectivity index (χ3n) is 3.04. The summed E-state index contributed by atoms with van der Waals surface area (Å²) in [7, 11) is 0. The third kappa shape index (κ3) is 2.60. The molecule has 16 heavy (non-hydrogen) atoms. The molecule has 0 radical (unpaired) electrons. The Morgan fingerprint density at radius 3 is 2.75 bits per heavy atom. The van der Waals surface area contributed by atoms with Crippen LogP contribution in [-0.2, 0) is 10.3 Å². The topological polar surface area (TPSA) is 42.4 Å². The molecule has 0 aromatic carbocycles. The number of pyridine rings is 1. The van der Waals surface area contributed by atoms with Gasteiger partial charge in [0.05, 0.1) is 12.3 Å². The molecule has 1 aromatic rings. The van der Waals surface area contributed by atoms with E-state index in [0.717, 1.165) is 19.6 Å². The van der Waals surface area contributed by atoms with Gasteiger partial charge < -0.3 is 9.84 Å². The minimum absolute atomic E-state index is 0.470. The molecule has 0 spiro atoms. The molecule has 2 heterocycles. The van der Waals surface area contributed by atoms with Crippen LogP contribution in [0.1, 0.15) is 43.9 Å². The highest BCUT2D eigenvalue weighted by Crippen LogP contribution is 2.26. The van der Waals surface area contributed by atoms with Crippen molar-refractivity contribution < 1.29 is 9.84 Å². The summed E-state index contributed by atoms with van der Waals surface area (Å²) in [6.45, 7) is 5.17. The van der Waals surface area contributed by atoms with Crippen molar-refractivity contribution in [2.45, 2.75) is 38.2 Å². The molecule has 3 nitrogen and oxygen atoms in total. The number of nitrogens with zero attached hydrogens (tertiary/aromatic N) is 1. The Hall–Kier alpha value is -0.930. The predicted octanol–water partition coefficient (Wildman–Crippen LogP) is 2.20. The molecule has 3 heteroatoms.